The number of benzene rings is 2. The average Bonchev–Trinajstić information content (AvgIpc) is 3.16. The molecule has 0 aromatic heterocycles. The van der Waals surface area contributed by atoms with E-state index in [1.165, 1.54) is 17.5 Å². The van der Waals surface area contributed by atoms with Crippen LogP contribution in [0.2, 0.25) is 5.02 Å². The Morgan fingerprint density at radius 2 is 1.52 bits per heavy atom. The molecule has 2 aromatic carbocycles. The molecule has 3 aliphatic heterocycles. The van der Waals surface area contributed by atoms with Gasteiger partial charge in [-0.05, 0) is 54.9 Å². The number of carbonyl (C=O) groups excluding carboxylic acids is 2. The molecule has 0 saturated carbocycles. The third-order valence-electron chi connectivity index (χ3n) is 7.37. The van der Waals surface area contributed by atoms with Crippen LogP contribution >= 0.6 is 11.6 Å². The summed E-state index contributed by atoms with van der Waals surface area (Å²) < 4.78 is 0. The Kier molecular flexibility index (Phi) is 6.44. The molecule has 174 valence electrons. The summed E-state index contributed by atoms with van der Waals surface area (Å²) in [5, 5.41) is 0.769. The smallest absolute Gasteiger partial charge is 0.245 e. The number of aryl methyl sites for hydroxylation is 1. The van der Waals surface area contributed by atoms with Crippen molar-refractivity contribution in [1.82, 2.24) is 14.7 Å². The average molecular weight is 466 g/mol. The Morgan fingerprint density at radius 1 is 0.909 bits per heavy atom. The van der Waals surface area contributed by atoms with Crippen molar-refractivity contribution < 1.29 is 9.59 Å². The number of hydrogen-bond donors (Lipinski definition) is 0. The van der Waals surface area contributed by atoms with E-state index in [1.54, 1.807) is 0 Å². The molecule has 2 bridgehead atoms. The Bertz CT molecular complexity index is 993. The van der Waals surface area contributed by atoms with Gasteiger partial charge in [0, 0.05) is 50.7 Å². The second-order valence-electron chi connectivity index (χ2n) is 10.1. The molecule has 2 aromatic rings. The standard InChI is InChI=1S/C27H32ClN3O2/c1-19-2-4-21(5-3-19)18-31-25(10-11-26(31)32)27(33)30-16-22-12-23(17-30)15-29(14-22)13-20-6-8-24(28)9-7-20/h2-9,22-23,25H,10-18H2,1H3/t22?,23?,25-/m0/s1. The number of amides is 2. The number of hydrogen-bond acceptors (Lipinski definition) is 3. The predicted octanol–water partition coefficient (Wildman–Crippen LogP) is 4.12. The number of rotatable bonds is 5. The first-order chi connectivity index (χ1) is 15.9. The Morgan fingerprint density at radius 3 is 2.18 bits per heavy atom. The molecule has 3 saturated heterocycles. The van der Waals surface area contributed by atoms with Crippen molar-refractivity contribution in [1.29, 1.82) is 0 Å². The zero-order valence-corrected chi connectivity index (χ0v) is 20.0. The Labute approximate surface area is 201 Å². The quantitative estimate of drug-likeness (QED) is 0.667. The lowest BCUT2D eigenvalue weighted by Crippen LogP contribution is -2.57. The van der Waals surface area contributed by atoms with E-state index >= 15 is 0 Å². The van der Waals surface area contributed by atoms with Gasteiger partial charge in [-0.25, -0.2) is 0 Å². The van der Waals surface area contributed by atoms with E-state index in [4.69, 9.17) is 11.6 Å². The molecule has 0 radical (unpaired) electrons. The van der Waals surface area contributed by atoms with E-state index in [9.17, 15) is 9.59 Å². The Balaban J connectivity index is 1.21. The molecular formula is C27H32ClN3O2. The highest BCUT2D eigenvalue weighted by Crippen LogP contribution is 2.32. The maximum Gasteiger partial charge on any atom is 0.245 e. The van der Waals surface area contributed by atoms with E-state index < -0.39 is 0 Å². The van der Waals surface area contributed by atoms with Crippen LogP contribution in [0, 0.1) is 18.8 Å². The van der Waals surface area contributed by atoms with Gasteiger partial charge in [-0.2, -0.15) is 0 Å². The molecule has 3 heterocycles. The molecule has 0 N–H and O–H groups in total. The lowest BCUT2D eigenvalue weighted by Gasteiger charge is -2.46. The first kappa shape index (κ1) is 22.4. The van der Waals surface area contributed by atoms with Gasteiger partial charge in [-0.1, -0.05) is 53.6 Å². The van der Waals surface area contributed by atoms with Crippen LogP contribution in [0.5, 0.6) is 0 Å². The molecule has 33 heavy (non-hydrogen) atoms. The monoisotopic (exact) mass is 465 g/mol. The van der Waals surface area contributed by atoms with E-state index in [0.717, 1.165) is 43.3 Å². The van der Waals surface area contributed by atoms with Crippen LogP contribution < -0.4 is 0 Å². The first-order valence-electron chi connectivity index (χ1n) is 12.0. The first-order valence-corrected chi connectivity index (χ1v) is 12.4. The van der Waals surface area contributed by atoms with Crippen molar-refractivity contribution in [2.24, 2.45) is 11.8 Å². The summed E-state index contributed by atoms with van der Waals surface area (Å²) in [6.07, 6.45) is 2.30. The summed E-state index contributed by atoms with van der Waals surface area (Å²) in [7, 11) is 0. The van der Waals surface area contributed by atoms with Gasteiger partial charge in [0.25, 0.3) is 0 Å². The number of nitrogens with zero attached hydrogens (tertiary/aromatic N) is 3. The minimum absolute atomic E-state index is 0.0975. The van der Waals surface area contributed by atoms with Crippen LogP contribution in [0.25, 0.3) is 0 Å². The van der Waals surface area contributed by atoms with Crippen LogP contribution in [0.4, 0.5) is 0 Å². The fraction of sp³-hybridized carbons (Fsp3) is 0.481. The summed E-state index contributed by atoms with van der Waals surface area (Å²) in [4.78, 5) is 32.5. The van der Waals surface area contributed by atoms with Crippen molar-refractivity contribution in [3.63, 3.8) is 0 Å². The van der Waals surface area contributed by atoms with E-state index in [1.807, 2.05) is 17.0 Å². The highest BCUT2D eigenvalue weighted by Gasteiger charge is 2.42. The molecule has 3 fully saturated rings. The number of piperidine rings is 2. The number of carbonyl (C=O) groups is 2. The van der Waals surface area contributed by atoms with Gasteiger partial charge in [0.05, 0.1) is 0 Å². The molecule has 3 aliphatic rings. The summed E-state index contributed by atoms with van der Waals surface area (Å²) in [5.41, 5.74) is 3.56. The minimum Gasteiger partial charge on any atom is -0.340 e. The van der Waals surface area contributed by atoms with Gasteiger partial charge in [-0.3, -0.25) is 14.5 Å². The van der Waals surface area contributed by atoms with Crippen molar-refractivity contribution in [3.05, 3.63) is 70.2 Å². The zero-order chi connectivity index (χ0) is 22.9. The fourth-order valence-electron chi connectivity index (χ4n) is 5.83. The molecule has 5 rings (SSSR count). The lowest BCUT2D eigenvalue weighted by atomic mass is 9.84. The van der Waals surface area contributed by atoms with Crippen LogP contribution in [-0.2, 0) is 22.7 Å². The summed E-state index contributed by atoms with van der Waals surface area (Å²) in [6.45, 7) is 7.13. The van der Waals surface area contributed by atoms with Crippen LogP contribution in [-0.4, -0.2) is 58.7 Å². The van der Waals surface area contributed by atoms with E-state index in [2.05, 4.69) is 53.1 Å². The van der Waals surface area contributed by atoms with Gasteiger partial charge < -0.3 is 9.80 Å². The van der Waals surface area contributed by atoms with Crippen LogP contribution in [0.1, 0.15) is 36.0 Å². The minimum atomic E-state index is -0.317. The summed E-state index contributed by atoms with van der Waals surface area (Å²) >= 11 is 6.03. The largest absolute Gasteiger partial charge is 0.340 e. The van der Waals surface area contributed by atoms with Crippen LogP contribution in [0.15, 0.2) is 48.5 Å². The van der Waals surface area contributed by atoms with Crippen molar-refractivity contribution in [2.45, 2.75) is 45.3 Å². The number of likely N-dealkylation sites (tertiary alicyclic amines) is 3. The van der Waals surface area contributed by atoms with Gasteiger partial charge in [0.1, 0.15) is 6.04 Å². The van der Waals surface area contributed by atoms with Crippen LogP contribution in [0.3, 0.4) is 0 Å². The zero-order valence-electron chi connectivity index (χ0n) is 19.3. The van der Waals surface area contributed by atoms with E-state index in [0.29, 0.717) is 31.2 Å². The van der Waals surface area contributed by atoms with Gasteiger partial charge >= 0.3 is 0 Å². The predicted molar refractivity (Wildman–Crippen MR) is 130 cm³/mol. The Hall–Kier alpha value is -2.37. The molecule has 2 unspecified atom stereocenters. The summed E-state index contributed by atoms with van der Waals surface area (Å²) in [5.74, 6) is 1.24. The SMILES string of the molecule is Cc1ccc(CN2C(=O)CC[C@H]2C(=O)N2CC3CC(CN(Cc4ccc(Cl)cc4)C3)C2)cc1. The third kappa shape index (κ3) is 5.10. The fourth-order valence-corrected chi connectivity index (χ4v) is 5.96. The van der Waals surface area contributed by atoms with E-state index in [-0.39, 0.29) is 17.9 Å². The number of fused-ring (bicyclic) bond motifs is 2. The maximum absolute atomic E-state index is 13.5. The molecule has 0 aliphatic carbocycles. The lowest BCUT2D eigenvalue weighted by molar-refractivity contribution is -0.145. The second-order valence-corrected chi connectivity index (χ2v) is 10.5. The van der Waals surface area contributed by atoms with Gasteiger partial charge in [-0.15, -0.1) is 0 Å². The maximum atomic E-state index is 13.5. The van der Waals surface area contributed by atoms with Crippen molar-refractivity contribution in [3.8, 4) is 0 Å². The molecule has 5 nitrogen and oxygen atoms in total. The second kappa shape index (κ2) is 9.47. The normalized spacial score (nSPS) is 25.5. The van der Waals surface area contributed by atoms with Crippen molar-refractivity contribution >= 4 is 23.4 Å². The summed E-state index contributed by atoms with van der Waals surface area (Å²) in [6, 6.07) is 16.0. The highest BCUT2D eigenvalue weighted by atomic mass is 35.5. The number of halogens is 1. The van der Waals surface area contributed by atoms with Gasteiger partial charge in [0.2, 0.25) is 11.8 Å². The molecule has 3 atom stereocenters. The van der Waals surface area contributed by atoms with Crippen molar-refractivity contribution in [2.75, 3.05) is 26.2 Å². The molecular weight excluding hydrogens is 434 g/mol. The highest BCUT2D eigenvalue weighted by molar-refractivity contribution is 6.30. The molecule has 6 heteroatoms. The van der Waals surface area contributed by atoms with Gasteiger partial charge in [0.15, 0.2) is 0 Å². The topological polar surface area (TPSA) is 43.9 Å². The molecule has 0 spiro atoms. The third-order valence-corrected chi connectivity index (χ3v) is 7.63. The molecule has 2 amide bonds.